The Morgan fingerprint density at radius 1 is 0.266 bits per heavy atom. The molecule has 0 aliphatic rings. The van der Waals surface area contributed by atoms with Crippen molar-refractivity contribution in [1.82, 2.24) is 4.57 Å². The monoisotopic (exact) mass is 1020 g/mol. The van der Waals surface area contributed by atoms with E-state index < -0.39 is 0 Å². The first-order valence-corrected chi connectivity index (χ1v) is 28.0. The van der Waals surface area contributed by atoms with Crippen LogP contribution in [0.25, 0.3) is 135 Å². The van der Waals surface area contributed by atoms with Crippen LogP contribution in [0, 0.1) is 0 Å². The highest BCUT2D eigenvalue weighted by Crippen LogP contribution is 2.46. The molecular formula is C76H48N2S. The zero-order valence-electron chi connectivity index (χ0n) is 43.0. The van der Waals surface area contributed by atoms with Crippen molar-refractivity contribution in [3.05, 3.63) is 291 Å². The summed E-state index contributed by atoms with van der Waals surface area (Å²) in [5, 5.41) is 15.2. The van der Waals surface area contributed by atoms with E-state index in [1.165, 1.54) is 130 Å². The van der Waals surface area contributed by atoms with Crippen molar-refractivity contribution in [3.8, 4) is 50.2 Å². The highest BCUT2D eigenvalue weighted by molar-refractivity contribution is 7.26. The topological polar surface area (TPSA) is 8.17 Å². The molecule has 0 aliphatic carbocycles. The maximum absolute atomic E-state index is 2.47. The zero-order valence-corrected chi connectivity index (χ0v) is 43.8. The van der Waals surface area contributed by atoms with Crippen molar-refractivity contribution in [2.45, 2.75) is 0 Å². The van der Waals surface area contributed by atoms with E-state index in [0.29, 0.717) is 0 Å². The van der Waals surface area contributed by atoms with Gasteiger partial charge in [-0.25, -0.2) is 0 Å². The number of aromatic nitrogens is 1. The van der Waals surface area contributed by atoms with Crippen molar-refractivity contribution in [1.29, 1.82) is 0 Å². The van der Waals surface area contributed by atoms with E-state index in [9.17, 15) is 0 Å². The van der Waals surface area contributed by atoms with Crippen LogP contribution in [0.4, 0.5) is 17.1 Å². The van der Waals surface area contributed by atoms with Gasteiger partial charge in [-0.3, -0.25) is 0 Å². The van der Waals surface area contributed by atoms with Gasteiger partial charge in [-0.1, -0.05) is 212 Å². The minimum absolute atomic E-state index is 1.10. The quantitative estimate of drug-likeness (QED) is 0.138. The summed E-state index contributed by atoms with van der Waals surface area (Å²) in [6.45, 7) is 0. The molecule has 2 heterocycles. The predicted molar refractivity (Wildman–Crippen MR) is 340 cm³/mol. The fourth-order valence-corrected chi connectivity index (χ4v) is 13.8. The van der Waals surface area contributed by atoms with Gasteiger partial charge in [-0.15, -0.1) is 11.3 Å². The lowest BCUT2D eigenvalue weighted by Gasteiger charge is -2.26. The molecule has 0 bridgehead atoms. The minimum atomic E-state index is 1.10. The largest absolute Gasteiger partial charge is 0.309 e. The Morgan fingerprint density at radius 3 is 1.44 bits per heavy atom. The number of hydrogen-bond acceptors (Lipinski definition) is 2. The number of fused-ring (bicyclic) bond motifs is 13. The Bertz CT molecular complexity index is 5030. The summed E-state index contributed by atoms with van der Waals surface area (Å²) in [5.74, 6) is 0. The molecule has 368 valence electrons. The highest BCUT2D eigenvalue weighted by Gasteiger charge is 2.21. The number of benzene rings is 14. The Kier molecular flexibility index (Phi) is 10.5. The molecule has 0 N–H and O–H groups in total. The van der Waals surface area contributed by atoms with Gasteiger partial charge in [0.2, 0.25) is 0 Å². The molecule has 2 nitrogen and oxygen atoms in total. The third-order valence-corrected chi connectivity index (χ3v) is 17.6. The number of rotatable bonds is 8. The molecule has 0 unspecified atom stereocenters. The molecule has 14 aromatic carbocycles. The van der Waals surface area contributed by atoms with Gasteiger partial charge in [-0.2, -0.15) is 0 Å². The highest BCUT2D eigenvalue weighted by atomic mass is 32.1. The van der Waals surface area contributed by atoms with E-state index in [2.05, 4.69) is 301 Å². The van der Waals surface area contributed by atoms with E-state index in [1.807, 2.05) is 11.3 Å². The Hall–Kier alpha value is -10.1. The summed E-state index contributed by atoms with van der Waals surface area (Å²) in [6, 6.07) is 108. The molecule has 16 aromatic rings. The van der Waals surface area contributed by atoms with Crippen molar-refractivity contribution in [3.63, 3.8) is 0 Å². The lowest BCUT2D eigenvalue weighted by Crippen LogP contribution is -2.10. The number of hydrogen-bond donors (Lipinski definition) is 0. The SMILES string of the molecule is c1ccc(-c2ccc(N(c3ccc(-c4ccc5c(c4)c4cc(-c6cccc7ccccc67)ccc4n5-c4cccc(-c5ccc6c7ccccc7c7ccccc7c6c5)c4)cc3)c3cccc4c3sc3ccccc34)cc2)cc1. The van der Waals surface area contributed by atoms with Crippen LogP contribution >= 0.6 is 11.3 Å². The van der Waals surface area contributed by atoms with Crippen LogP contribution in [0.3, 0.4) is 0 Å². The molecule has 0 saturated carbocycles. The van der Waals surface area contributed by atoms with Gasteiger partial charge in [0.25, 0.3) is 0 Å². The molecule has 0 fully saturated rings. The Morgan fingerprint density at radius 2 is 0.722 bits per heavy atom. The van der Waals surface area contributed by atoms with Crippen LogP contribution in [-0.2, 0) is 0 Å². The van der Waals surface area contributed by atoms with Crippen LogP contribution in [0.15, 0.2) is 291 Å². The molecule has 0 radical (unpaired) electrons. The van der Waals surface area contributed by atoms with Crippen molar-refractivity contribution >= 4 is 113 Å². The van der Waals surface area contributed by atoms with Gasteiger partial charge in [-0.05, 0) is 166 Å². The predicted octanol–water partition coefficient (Wildman–Crippen LogP) is 21.9. The maximum atomic E-state index is 2.47. The van der Waals surface area contributed by atoms with Gasteiger partial charge in [0.15, 0.2) is 0 Å². The Labute approximate surface area is 461 Å². The molecule has 16 rings (SSSR count). The van der Waals surface area contributed by atoms with Crippen LogP contribution in [0.2, 0.25) is 0 Å². The van der Waals surface area contributed by atoms with E-state index in [1.54, 1.807) is 0 Å². The second-order valence-electron chi connectivity index (χ2n) is 20.8. The van der Waals surface area contributed by atoms with Crippen molar-refractivity contribution in [2.24, 2.45) is 0 Å². The first-order valence-electron chi connectivity index (χ1n) is 27.1. The third kappa shape index (κ3) is 7.46. The smallest absolute Gasteiger partial charge is 0.0640 e. The van der Waals surface area contributed by atoms with E-state index in [4.69, 9.17) is 0 Å². The number of anilines is 3. The first-order chi connectivity index (χ1) is 39.2. The Balaban J connectivity index is 0.836. The third-order valence-electron chi connectivity index (χ3n) is 16.4. The number of thiophene rings is 1. The lowest BCUT2D eigenvalue weighted by atomic mass is 9.92. The standard InChI is InChI=1S/C76H48N2S/c1-2-15-49(16-3-1)50-31-38-57(39-32-50)77(74-29-14-28-68-67-26-10-11-30-75(67)79-76(68)74)58-40-33-51(34-41-58)54-36-43-72-70(47-54)71-48-56(61-27-13-18-52-17-4-5-21-60(52)61)37-44-73(71)78(72)59-20-12-19-53(45-59)55-35-42-66-64-24-7-6-22-62(64)63-23-8-9-25-65(63)69(66)46-55/h1-48H. The maximum Gasteiger partial charge on any atom is 0.0640 e. The summed E-state index contributed by atoms with van der Waals surface area (Å²) < 4.78 is 5.03. The molecule has 0 atom stereocenters. The molecule has 0 spiro atoms. The second kappa shape index (κ2) is 18.3. The minimum Gasteiger partial charge on any atom is -0.309 e. The van der Waals surface area contributed by atoms with Gasteiger partial charge in [0.05, 0.1) is 21.4 Å². The molecule has 0 amide bonds. The van der Waals surface area contributed by atoms with E-state index in [-0.39, 0.29) is 0 Å². The van der Waals surface area contributed by atoms with Gasteiger partial charge >= 0.3 is 0 Å². The normalized spacial score (nSPS) is 11.8. The molecule has 79 heavy (non-hydrogen) atoms. The van der Waals surface area contributed by atoms with Crippen LogP contribution in [0.5, 0.6) is 0 Å². The molecule has 0 saturated heterocycles. The summed E-state index contributed by atoms with van der Waals surface area (Å²) in [4.78, 5) is 2.43. The van der Waals surface area contributed by atoms with E-state index in [0.717, 1.165) is 22.6 Å². The summed E-state index contributed by atoms with van der Waals surface area (Å²) in [7, 11) is 0. The average molecular weight is 1020 g/mol. The van der Waals surface area contributed by atoms with Crippen LogP contribution in [0.1, 0.15) is 0 Å². The summed E-state index contributed by atoms with van der Waals surface area (Å²) >= 11 is 1.86. The van der Waals surface area contributed by atoms with Crippen LogP contribution < -0.4 is 4.90 Å². The van der Waals surface area contributed by atoms with Gasteiger partial charge in [0.1, 0.15) is 0 Å². The molecular weight excluding hydrogens is 973 g/mol. The van der Waals surface area contributed by atoms with Crippen LogP contribution in [-0.4, -0.2) is 4.57 Å². The fourth-order valence-electron chi connectivity index (χ4n) is 12.6. The molecule has 3 heteroatoms. The van der Waals surface area contributed by atoms with Gasteiger partial charge in [0, 0.05) is 43.3 Å². The van der Waals surface area contributed by atoms with Gasteiger partial charge < -0.3 is 9.47 Å². The number of nitrogens with zero attached hydrogens (tertiary/aromatic N) is 2. The fraction of sp³-hybridized carbons (Fsp3) is 0. The second-order valence-corrected chi connectivity index (χ2v) is 21.8. The van der Waals surface area contributed by atoms with E-state index >= 15 is 0 Å². The first kappa shape index (κ1) is 45.2. The summed E-state index contributed by atoms with van der Waals surface area (Å²) in [6.07, 6.45) is 0. The summed E-state index contributed by atoms with van der Waals surface area (Å²) in [5.41, 5.74) is 16.4. The zero-order chi connectivity index (χ0) is 52.0. The molecule has 2 aromatic heterocycles. The van der Waals surface area contributed by atoms with Crippen molar-refractivity contribution < 1.29 is 0 Å². The molecule has 0 aliphatic heterocycles. The lowest BCUT2D eigenvalue weighted by molar-refractivity contribution is 1.18. The van der Waals surface area contributed by atoms with Crippen molar-refractivity contribution in [2.75, 3.05) is 4.90 Å². The average Bonchev–Trinajstić information content (AvgIpc) is 4.18.